The molecule has 0 aromatic heterocycles. The Labute approximate surface area is 241 Å². The molecule has 1 amide bonds. The van der Waals surface area contributed by atoms with Crippen molar-refractivity contribution < 1.29 is 23.5 Å². The van der Waals surface area contributed by atoms with E-state index in [1.165, 1.54) is 6.08 Å². The summed E-state index contributed by atoms with van der Waals surface area (Å²) in [6.45, 7) is 21.0. The van der Waals surface area contributed by atoms with Crippen molar-refractivity contribution in [2.75, 3.05) is 19.1 Å². The zero-order valence-corrected chi connectivity index (χ0v) is 27.0. The van der Waals surface area contributed by atoms with Crippen LogP contribution in [0.1, 0.15) is 53.5 Å². The van der Waals surface area contributed by atoms with Crippen LogP contribution in [-0.4, -0.2) is 52.5 Å². The molecular weight excluding hydrogens is 530 g/mol. The van der Waals surface area contributed by atoms with Gasteiger partial charge in [0.05, 0.1) is 31.4 Å². The fourth-order valence-electron chi connectivity index (χ4n) is 4.35. The summed E-state index contributed by atoms with van der Waals surface area (Å²) in [5.74, 6) is 0.510. The second-order valence-electron chi connectivity index (χ2n) is 12.2. The molecule has 0 aliphatic carbocycles. The van der Waals surface area contributed by atoms with E-state index in [0.29, 0.717) is 22.9 Å². The second kappa shape index (κ2) is 13.0. The number of hydrogen-bond donors (Lipinski definition) is 0. The number of benzene rings is 1. The van der Waals surface area contributed by atoms with Gasteiger partial charge in [0.2, 0.25) is 5.91 Å². The average Bonchev–Trinajstić information content (AvgIpc) is 3.55. The van der Waals surface area contributed by atoms with Crippen molar-refractivity contribution in [1.29, 1.82) is 0 Å². The van der Waals surface area contributed by atoms with Gasteiger partial charge in [0.25, 0.3) is 0 Å². The van der Waals surface area contributed by atoms with E-state index in [9.17, 15) is 9.59 Å². The van der Waals surface area contributed by atoms with Gasteiger partial charge in [-0.25, -0.2) is 0 Å². The molecule has 1 saturated heterocycles. The predicted molar refractivity (Wildman–Crippen MR) is 163 cm³/mol. The number of hydrogen-bond acceptors (Lipinski definition) is 5. The van der Waals surface area contributed by atoms with Gasteiger partial charge in [-0.2, -0.15) is 0 Å². The first-order valence-corrected chi connectivity index (χ1v) is 16.7. The molecule has 0 spiro atoms. The van der Waals surface area contributed by atoms with Crippen molar-refractivity contribution >= 4 is 37.8 Å². The van der Waals surface area contributed by atoms with E-state index in [2.05, 4.69) is 47.4 Å². The molecule has 1 aromatic rings. The third kappa shape index (κ3) is 7.94. The summed E-state index contributed by atoms with van der Waals surface area (Å²) in [7, 11) is 1.07. The lowest BCUT2D eigenvalue weighted by molar-refractivity contribution is -0.120. The largest absolute Gasteiger partial charge is 0.495 e. The zero-order chi connectivity index (χ0) is 29.8. The third-order valence-electron chi connectivity index (χ3n) is 8.07. The van der Waals surface area contributed by atoms with Gasteiger partial charge >= 0.3 is 0 Å². The first-order chi connectivity index (χ1) is 18.0. The molecule has 0 bridgehead atoms. The van der Waals surface area contributed by atoms with Gasteiger partial charge in [0.15, 0.2) is 8.32 Å². The van der Waals surface area contributed by atoms with E-state index in [-0.39, 0.29) is 29.4 Å². The number of carbonyl (C=O) groups is 2. The number of allylic oxidation sites excluding steroid dienone is 4. The predicted octanol–water partition coefficient (Wildman–Crippen LogP) is 7.32. The number of anilines is 1. The summed E-state index contributed by atoms with van der Waals surface area (Å²) in [6, 6.07) is 3.78. The van der Waals surface area contributed by atoms with Crippen LogP contribution in [0.15, 0.2) is 48.6 Å². The maximum Gasteiger partial charge on any atom is 0.229 e. The summed E-state index contributed by atoms with van der Waals surface area (Å²) >= 11 is 6.70. The minimum absolute atomic E-state index is 0.0255. The standard InChI is InChI=1S/C31H46ClNO5Si/c1-12-22(3)29-31(7,37-29)26(38-39(10,11)30(4,5)6)20-27(35)33(8)24-18-23(19-25(36-9)28(24)32)17-21(2)15-13-14-16-34/h12-16,18-19,22,26,29H,1,17,20H2,2-11H3/b14-13+,21-15+/t22-,26+,29+,31+/m1/s1. The van der Waals surface area contributed by atoms with Gasteiger partial charge in [-0.05, 0) is 62.2 Å². The second-order valence-corrected chi connectivity index (χ2v) is 17.3. The fourth-order valence-corrected chi connectivity index (χ4v) is 6.05. The van der Waals surface area contributed by atoms with Crippen LogP contribution in [0.3, 0.4) is 0 Å². The number of amides is 1. The van der Waals surface area contributed by atoms with E-state index in [1.807, 2.05) is 38.1 Å². The first kappa shape index (κ1) is 33.0. The molecule has 1 aliphatic rings. The van der Waals surface area contributed by atoms with Gasteiger partial charge in [-0.1, -0.05) is 63.1 Å². The highest BCUT2D eigenvalue weighted by molar-refractivity contribution is 6.74. The summed E-state index contributed by atoms with van der Waals surface area (Å²) < 4.78 is 18.6. The van der Waals surface area contributed by atoms with Crippen molar-refractivity contribution in [1.82, 2.24) is 0 Å². The average molecular weight is 576 g/mol. The normalized spacial score (nSPS) is 21.4. The van der Waals surface area contributed by atoms with Crippen LogP contribution in [0, 0.1) is 5.92 Å². The van der Waals surface area contributed by atoms with Gasteiger partial charge in [0, 0.05) is 13.0 Å². The molecule has 0 unspecified atom stereocenters. The maximum atomic E-state index is 13.8. The zero-order valence-electron chi connectivity index (χ0n) is 25.3. The van der Waals surface area contributed by atoms with Gasteiger partial charge in [-0.3, -0.25) is 9.59 Å². The lowest BCUT2D eigenvalue weighted by atomic mass is 9.91. The Hall–Kier alpha value is -2.19. The summed E-state index contributed by atoms with van der Waals surface area (Å²) in [4.78, 5) is 26.0. The van der Waals surface area contributed by atoms with Crippen LogP contribution in [0.4, 0.5) is 5.69 Å². The van der Waals surface area contributed by atoms with Crippen LogP contribution in [0.2, 0.25) is 23.2 Å². The molecule has 1 aromatic carbocycles. The number of ether oxygens (including phenoxy) is 2. The lowest BCUT2D eigenvalue weighted by Gasteiger charge is -2.40. The summed E-state index contributed by atoms with van der Waals surface area (Å²) in [5, 5.41) is 0.343. The molecule has 0 saturated carbocycles. The highest BCUT2D eigenvalue weighted by atomic mass is 35.5. The Kier molecular flexibility index (Phi) is 11.0. The van der Waals surface area contributed by atoms with E-state index in [0.717, 1.165) is 17.4 Å². The topological polar surface area (TPSA) is 68.4 Å². The third-order valence-corrected chi connectivity index (χ3v) is 12.9. The first-order valence-electron chi connectivity index (χ1n) is 13.4. The molecule has 0 radical (unpaired) electrons. The van der Waals surface area contributed by atoms with Crippen LogP contribution in [-0.2, 0) is 25.2 Å². The number of aldehydes is 1. The fraction of sp³-hybridized carbons (Fsp3) is 0.548. The number of rotatable bonds is 13. The molecule has 1 aliphatic heterocycles. The number of nitrogens with zero attached hydrogens (tertiary/aromatic N) is 1. The van der Waals surface area contributed by atoms with Crippen molar-refractivity contribution in [2.45, 2.75) is 90.3 Å². The molecule has 8 heteroatoms. The molecule has 216 valence electrons. The SMILES string of the molecule is C=C[C@@H](C)[C@@H]1O[C@@]1(C)[C@H](CC(=O)N(C)c1cc(C/C(C)=C/C=C/C=O)cc(OC)c1Cl)O[Si](C)(C)C(C)(C)C. The molecule has 4 atom stereocenters. The minimum atomic E-state index is -2.22. The Bertz CT molecular complexity index is 1120. The molecule has 6 nitrogen and oxygen atoms in total. The Morgan fingerprint density at radius 2 is 1.95 bits per heavy atom. The smallest absolute Gasteiger partial charge is 0.229 e. The van der Waals surface area contributed by atoms with Crippen molar-refractivity contribution in [3.05, 3.63) is 59.2 Å². The molecule has 1 fully saturated rings. The highest BCUT2D eigenvalue weighted by Gasteiger charge is 2.61. The van der Waals surface area contributed by atoms with Gasteiger partial charge in [0.1, 0.15) is 22.7 Å². The Balaban J connectivity index is 2.40. The maximum absolute atomic E-state index is 13.8. The van der Waals surface area contributed by atoms with Crippen LogP contribution in [0.5, 0.6) is 5.75 Å². The molecule has 1 heterocycles. The summed E-state index contributed by atoms with van der Waals surface area (Å²) in [6.07, 6.45) is 7.93. The van der Waals surface area contributed by atoms with Crippen molar-refractivity contribution in [3.8, 4) is 5.75 Å². The van der Waals surface area contributed by atoms with E-state index in [1.54, 1.807) is 25.1 Å². The highest BCUT2D eigenvalue weighted by Crippen LogP contribution is 2.49. The van der Waals surface area contributed by atoms with E-state index < -0.39 is 20.0 Å². The van der Waals surface area contributed by atoms with Crippen molar-refractivity contribution in [2.24, 2.45) is 5.92 Å². The number of methoxy groups -OCH3 is 1. The van der Waals surface area contributed by atoms with Crippen LogP contribution < -0.4 is 9.64 Å². The molecule has 0 N–H and O–H groups in total. The quantitative estimate of drug-likeness (QED) is 0.0615. The van der Waals surface area contributed by atoms with E-state index >= 15 is 0 Å². The van der Waals surface area contributed by atoms with Crippen LogP contribution in [0.25, 0.3) is 0 Å². The van der Waals surface area contributed by atoms with Gasteiger partial charge in [-0.15, -0.1) is 6.58 Å². The lowest BCUT2D eigenvalue weighted by Crippen LogP contribution is -2.50. The summed E-state index contributed by atoms with van der Waals surface area (Å²) in [5.41, 5.74) is 1.96. The minimum Gasteiger partial charge on any atom is -0.495 e. The van der Waals surface area contributed by atoms with Crippen molar-refractivity contribution in [3.63, 3.8) is 0 Å². The molecule has 39 heavy (non-hydrogen) atoms. The van der Waals surface area contributed by atoms with E-state index in [4.69, 9.17) is 25.5 Å². The Morgan fingerprint density at radius 1 is 1.31 bits per heavy atom. The van der Waals surface area contributed by atoms with Gasteiger partial charge < -0.3 is 18.8 Å². The number of halogens is 1. The monoisotopic (exact) mass is 575 g/mol. The van der Waals surface area contributed by atoms with Crippen LogP contribution >= 0.6 is 11.6 Å². The molecule has 2 rings (SSSR count). The molecular formula is C31H46ClNO5Si. The number of carbonyl (C=O) groups excluding carboxylic acids is 2. The number of epoxide rings is 1. The Morgan fingerprint density at radius 3 is 2.49 bits per heavy atom.